The van der Waals surface area contributed by atoms with Crippen molar-refractivity contribution in [1.82, 2.24) is 4.98 Å². The van der Waals surface area contributed by atoms with Crippen molar-refractivity contribution in [2.45, 2.75) is 51.0 Å². The van der Waals surface area contributed by atoms with Gasteiger partial charge < -0.3 is 14.2 Å². The molecule has 1 aromatic rings. The fourth-order valence-corrected chi connectivity index (χ4v) is 3.23. The molecule has 1 aliphatic rings. The Morgan fingerprint density at radius 3 is 2.48 bits per heavy atom. The first kappa shape index (κ1) is 21.3. The van der Waals surface area contributed by atoms with E-state index in [4.69, 9.17) is 14.2 Å². The van der Waals surface area contributed by atoms with Gasteiger partial charge in [0.15, 0.2) is 11.7 Å². The average Bonchev–Trinajstić information content (AvgIpc) is 2.87. The molecule has 152 valence electrons. The second-order valence-electron chi connectivity index (χ2n) is 6.35. The molecule has 4 atom stereocenters. The quantitative estimate of drug-likeness (QED) is 0.555. The van der Waals surface area contributed by atoms with Crippen molar-refractivity contribution >= 4 is 5.97 Å². The van der Waals surface area contributed by atoms with E-state index >= 15 is 0 Å². The number of nitrogens with zero attached hydrogens (tertiary/aromatic N) is 1. The Morgan fingerprint density at radius 2 is 2.00 bits per heavy atom. The molecule has 10 heteroatoms. The summed E-state index contributed by atoms with van der Waals surface area (Å²) in [6.07, 6.45) is -9.23. The molecule has 1 fully saturated rings. The molecule has 2 rings (SSSR count). The average molecular weight is 397 g/mol. The van der Waals surface area contributed by atoms with Crippen molar-refractivity contribution in [2.24, 2.45) is 5.92 Å². The summed E-state index contributed by atoms with van der Waals surface area (Å²) in [5, 5.41) is 0. The molecule has 1 aliphatic heterocycles. The van der Waals surface area contributed by atoms with Gasteiger partial charge in [0.25, 0.3) is 6.43 Å². The zero-order valence-corrected chi connectivity index (χ0v) is 15.1. The van der Waals surface area contributed by atoms with Crippen LogP contribution in [0.25, 0.3) is 0 Å². The number of ether oxygens (including phenoxy) is 3. The highest BCUT2D eigenvalue weighted by atomic mass is 19.4. The molecule has 1 aromatic heterocycles. The maximum Gasteiger partial charge on any atom is 0.417 e. The molecule has 0 aromatic carbocycles. The summed E-state index contributed by atoms with van der Waals surface area (Å²) in [6.45, 7) is 3.57. The van der Waals surface area contributed by atoms with Crippen molar-refractivity contribution in [3.63, 3.8) is 0 Å². The van der Waals surface area contributed by atoms with E-state index in [0.717, 1.165) is 20.1 Å². The van der Waals surface area contributed by atoms with E-state index in [1.807, 2.05) is 0 Å². The highest BCUT2D eigenvalue weighted by Gasteiger charge is 2.66. The molecular formula is C17H20F5NO4. The van der Waals surface area contributed by atoms with Crippen molar-refractivity contribution in [1.29, 1.82) is 0 Å². The van der Waals surface area contributed by atoms with E-state index in [1.165, 1.54) is 19.9 Å². The maximum absolute atomic E-state index is 13.6. The predicted octanol–water partition coefficient (Wildman–Crippen LogP) is 4.03. The van der Waals surface area contributed by atoms with Gasteiger partial charge in [-0.1, -0.05) is 13.0 Å². The smallest absolute Gasteiger partial charge is 0.417 e. The summed E-state index contributed by atoms with van der Waals surface area (Å²) >= 11 is 0. The van der Waals surface area contributed by atoms with Crippen molar-refractivity contribution < 1.29 is 41.0 Å². The molecule has 0 unspecified atom stereocenters. The third-order valence-corrected chi connectivity index (χ3v) is 4.87. The SMILES string of the molecule is CCOC(=O)[C@H]1O[C@](C)(C(F)(F)F)[C@H](C)[C@@H]1c1ccc(C(F)F)nc1OC. The van der Waals surface area contributed by atoms with Gasteiger partial charge in [0, 0.05) is 17.4 Å². The number of esters is 1. The molecule has 0 amide bonds. The van der Waals surface area contributed by atoms with Crippen LogP contribution in [0, 0.1) is 5.92 Å². The maximum atomic E-state index is 13.6. The van der Waals surface area contributed by atoms with Crippen LogP contribution in [0.5, 0.6) is 5.88 Å². The number of alkyl halides is 5. The lowest BCUT2D eigenvalue weighted by atomic mass is 9.77. The summed E-state index contributed by atoms with van der Waals surface area (Å²) < 4.78 is 81.7. The number of hydrogen-bond acceptors (Lipinski definition) is 5. The topological polar surface area (TPSA) is 57.7 Å². The van der Waals surface area contributed by atoms with E-state index < -0.39 is 47.8 Å². The van der Waals surface area contributed by atoms with Gasteiger partial charge in [-0.3, -0.25) is 0 Å². The molecule has 2 heterocycles. The van der Waals surface area contributed by atoms with E-state index in [0.29, 0.717) is 0 Å². The van der Waals surface area contributed by atoms with Gasteiger partial charge in [0.2, 0.25) is 5.88 Å². The lowest BCUT2D eigenvalue weighted by molar-refractivity contribution is -0.274. The van der Waals surface area contributed by atoms with Crippen LogP contribution in [-0.2, 0) is 14.3 Å². The van der Waals surface area contributed by atoms with E-state index in [1.54, 1.807) is 0 Å². The summed E-state index contributed by atoms with van der Waals surface area (Å²) in [7, 11) is 1.16. The van der Waals surface area contributed by atoms with Crippen LogP contribution < -0.4 is 4.74 Å². The minimum Gasteiger partial charge on any atom is -0.481 e. The monoisotopic (exact) mass is 397 g/mol. The molecule has 5 nitrogen and oxygen atoms in total. The lowest BCUT2D eigenvalue weighted by Gasteiger charge is -2.31. The largest absolute Gasteiger partial charge is 0.481 e. The fraction of sp³-hybridized carbons (Fsp3) is 0.647. The van der Waals surface area contributed by atoms with Gasteiger partial charge in [-0.25, -0.2) is 18.6 Å². The van der Waals surface area contributed by atoms with Crippen LogP contribution >= 0.6 is 0 Å². The third-order valence-electron chi connectivity index (χ3n) is 4.87. The van der Waals surface area contributed by atoms with Crippen LogP contribution in [0.1, 0.15) is 44.4 Å². The normalized spacial score (nSPS) is 28.4. The van der Waals surface area contributed by atoms with Gasteiger partial charge in [-0.05, 0) is 19.9 Å². The van der Waals surface area contributed by atoms with Crippen molar-refractivity contribution in [2.75, 3.05) is 13.7 Å². The molecular weight excluding hydrogens is 377 g/mol. The predicted molar refractivity (Wildman–Crippen MR) is 83.6 cm³/mol. The number of halogens is 5. The van der Waals surface area contributed by atoms with Gasteiger partial charge >= 0.3 is 12.1 Å². The number of methoxy groups -OCH3 is 1. The Hall–Kier alpha value is -1.97. The van der Waals surface area contributed by atoms with Gasteiger partial charge in [0.1, 0.15) is 5.69 Å². The first-order valence-electron chi connectivity index (χ1n) is 8.22. The summed E-state index contributed by atoms with van der Waals surface area (Å²) in [5.74, 6) is -3.64. The van der Waals surface area contributed by atoms with E-state index in [-0.39, 0.29) is 18.1 Å². The Morgan fingerprint density at radius 1 is 1.37 bits per heavy atom. The second-order valence-corrected chi connectivity index (χ2v) is 6.35. The molecule has 1 saturated heterocycles. The van der Waals surface area contributed by atoms with Crippen molar-refractivity contribution in [3.8, 4) is 5.88 Å². The van der Waals surface area contributed by atoms with Crippen LogP contribution in [0.2, 0.25) is 0 Å². The fourth-order valence-electron chi connectivity index (χ4n) is 3.23. The molecule has 0 bridgehead atoms. The molecule has 0 spiro atoms. The Balaban J connectivity index is 2.58. The highest BCUT2D eigenvalue weighted by molar-refractivity contribution is 5.77. The first-order chi connectivity index (χ1) is 12.5. The first-order valence-corrected chi connectivity index (χ1v) is 8.22. The standard InChI is InChI=1S/C17H20F5NO4/c1-5-26-15(24)12-11(8(2)16(3,27-12)17(20,21)22)9-6-7-10(13(18)19)23-14(9)25-4/h6-8,11-13H,5H2,1-4H3/t8-,11-,12+,16+/m1/s1. The zero-order valence-electron chi connectivity index (χ0n) is 15.1. The molecule has 0 saturated carbocycles. The van der Waals surface area contributed by atoms with Crippen LogP contribution in [0.15, 0.2) is 12.1 Å². The third kappa shape index (κ3) is 3.71. The number of aromatic nitrogens is 1. The summed E-state index contributed by atoms with van der Waals surface area (Å²) in [6, 6.07) is 2.17. The Kier molecular flexibility index (Phi) is 5.98. The van der Waals surface area contributed by atoms with E-state index in [9.17, 15) is 26.7 Å². The Labute approximate surface area is 152 Å². The minimum atomic E-state index is -4.77. The molecule has 0 N–H and O–H groups in total. The molecule has 0 aliphatic carbocycles. The number of hydrogen-bond donors (Lipinski definition) is 0. The molecule has 0 radical (unpaired) electrons. The second kappa shape index (κ2) is 7.57. The molecule has 27 heavy (non-hydrogen) atoms. The van der Waals surface area contributed by atoms with Gasteiger partial charge in [-0.2, -0.15) is 13.2 Å². The minimum absolute atomic E-state index is 0.0533. The van der Waals surface area contributed by atoms with Crippen LogP contribution in [0.3, 0.4) is 0 Å². The van der Waals surface area contributed by atoms with Crippen LogP contribution in [0.4, 0.5) is 22.0 Å². The van der Waals surface area contributed by atoms with Crippen molar-refractivity contribution in [3.05, 3.63) is 23.4 Å². The van der Waals surface area contributed by atoms with Gasteiger partial charge in [-0.15, -0.1) is 0 Å². The van der Waals surface area contributed by atoms with E-state index in [2.05, 4.69) is 4.98 Å². The van der Waals surface area contributed by atoms with Gasteiger partial charge in [0.05, 0.1) is 13.7 Å². The summed E-state index contributed by atoms with van der Waals surface area (Å²) in [5.41, 5.74) is -3.16. The number of carbonyl (C=O) groups excluding carboxylic acids is 1. The lowest BCUT2D eigenvalue weighted by Crippen LogP contribution is -2.47. The highest BCUT2D eigenvalue weighted by Crippen LogP contribution is 2.54. The number of carbonyl (C=O) groups is 1. The number of pyridine rings is 1. The Bertz CT molecular complexity index is 696. The number of rotatable bonds is 5. The zero-order chi connectivity index (χ0) is 20.6. The van der Waals surface area contributed by atoms with Crippen LogP contribution in [-0.4, -0.2) is 42.6 Å². The summed E-state index contributed by atoms with van der Waals surface area (Å²) in [4.78, 5) is 15.9.